The molecule has 2 rings (SSSR count). The average molecular weight is 307 g/mol. The van der Waals surface area contributed by atoms with Gasteiger partial charge in [0.2, 0.25) is 0 Å². The van der Waals surface area contributed by atoms with Crippen LogP contribution in [0.2, 0.25) is 0 Å². The molecule has 0 saturated heterocycles. The fourth-order valence-electron chi connectivity index (χ4n) is 1.84. The number of aromatic nitrogens is 1. The van der Waals surface area contributed by atoms with Crippen LogP contribution in [0.25, 0.3) is 0 Å². The van der Waals surface area contributed by atoms with E-state index in [-0.39, 0.29) is 6.04 Å². The standard InChI is InChI=1S/C14H15BrN2O/c1-18-14-5-3-2-4-12(14)13(16)8-11-7-6-10(15)9-17-11/h2-7,9,13H,8,16H2,1H3. The summed E-state index contributed by atoms with van der Waals surface area (Å²) in [5.74, 6) is 0.821. The summed E-state index contributed by atoms with van der Waals surface area (Å²) in [5, 5.41) is 0. The van der Waals surface area contributed by atoms with Gasteiger partial charge >= 0.3 is 0 Å². The van der Waals surface area contributed by atoms with E-state index < -0.39 is 0 Å². The number of benzene rings is 1. The smallest absolute Gasteiger partial charge is 0.123 e. The first-order chi connectivity index (χ1) is 8.70. The molecule has 1 heterocycles. The van der Waals surface area contributed by atoms with Crippen molar-refractivity contribution in [1.29, 1.82) is 0 Å². The summed E-state index contributed by atoms with van der Waals surface area (Å²) in [6, 6.07) is 11.6. The maximum Gasteiger partial charge on any atom is 0.123 e. The first kappa shape index (κ1) is 13.1. The molecular formula is C14H15BrN2O. The van der Waals surface area contributed by atoms with Gasteiger partial charge in [-0.3, -0.25) is 4.98 Å². The lowest BCUT2D eigenvalue weighted by molar-refractivity contribution is 0.405. The molecule has 4 heteroatoms. The second kappa shape index (κ2) is 5.98. The van der Waals surface area contributed by atoms with Gasteiger partial charge in [-0.25, -0.2) is 0 Å². The van der Waals surface area contributed by atoms with Crippen LogP contribution in [0, 0.1) is 0 Å². The average Bonchev–Trinajstić information content (AvgIpc) is 2.41. The maximum atomic E-state index is 6.21. The molecule has 18 heavy (non-hydrogen) atoms. The van der Waals surface area contributed by atoms with Gasteiger partial charge in [0.25, 0.3) is 0 Å². The Hall–Kier alpha value is -1.39. The van der Waals surface area contributed by atoms with Gasteiger partial charge in [-0.05, 0) is 34.1 Å². The van der Waals surface area contributed by atoms with Crippen molar-refractivity contribution in [2.24, 2.45) is 5.73 Å². The Balaban J connectivity index is 2.16. The minimum Gasteiger partial charge on any atom is -0.496 e. The van der Waals surface area contributed by atoms with E-state index >= 15 is 0 Å². The molecule has 0 radical (unpaired) electrons. The van der Waals surface area contributed by atoms with E-state index in [9.17, 15) is 0 Å². The van der Waals surface area contributed by atoms with Crippen molar-refractivity contribution in [2.45, 2.75) is 12.5 Å². The summed E-state index contributed by atoms with van der Waals surface area (Å²) in [6.45, 7) is 0. The molecule has 0 aliphatic rings. The summed E-state index contributed by atoms with van der Waals surface area (Å²) >= 11 is 3.37. The minimum atomic E-state index is -0.116. The molecule has 0 aliphatic heterocycles. The monoisotopic (exact) mass is 306 g/mol. The molecule has 0 amide bonds. The third-order valence-electron chi connectivity index (χ3n) is 2.76. The first-order valence-corrected chi connectivity index (χ1v) is 6.49. The molecule has 0 bridgehead atoms. The minimum absolute atomic E-state index is 0.116. The fraction of sp³-hybridized carbons (Fsp3) is 0.214. The van der Waals surface area contributed by atoms with Crippen LogP contribution >= 0.6 is 15.9 Å². The Kier molecular flexibility index (Phi) is 4.33. The Morgan fingerprint density at radius 3 is 2.72 bits per heavy atom. The molecular weight excluding hydrogens is 292 g/mol. The van der Waals surface area contributed by atoms with Crippen molar-refractivity contribution in [3.05, 3.63) is 58.3 Å². The van der Waals surface area contributed by atoms with Crippen molar-refractivity contribution in [3.63, 3.8) is 0 Å². The topological polar surface area (TPSA) is 48.1 Å². The Morgan fingerprint density at radius 1 is 1.28 bits per heavy atom. The van der Waals surface area contributed by atoms with Gasteiger partial charge in [0.05, 0.1) is 7.11 Å². The molecule has 1 unspecified atom stereocenters. The van der Waals surface area contributed by atoms with E-state index in [0.717, 1.165) is 21.5 Å². The van der Waals surface area contributed by atoms with Crippen molar-refractivity contribution >= 4 is 15.9 Å². The number of nitrogens with two attached hydrogens (primary N) is 1. The fourth-order valence-corrected chi connectivity index (χ4v) is 2.07. The normalized spacial score (nSPS) is 12.2. The Morgan fingerprint density at radius 2 is 2.06 bits per heavy atom. The number of methoxy groups -OCH3 is 1. The maximum absolute atomic E-state index is 6.21. The number of para-hydroxylation sites is 1. The SMILES string of the molecule is COc1ccccc1C(N)Cc1ccc(Br)cn1. The summed E-state index contributed by atoms with van der Waals surface area (Å²) in [4.78, 5) is 4.33. The van der Waals surface area contributed by atoms with E-state index in [1.54, 1.807) is 13.3 Å². The molecule has 1 aromatic carbocycles. The number of hydrogen-bond acceptors (Lipinski definition) is 3. The zero-order valence-corrected chi connectivity index (χ0v) is 11.7. The van der Waals surface area contributed by atoms with Crippen LogP contribution in [0.5, 0.6) is 5.75 Å². The van der Waals surface area contributed by atoms with Crippen LogP contribution in [-0.4, -0.2) is 12.1 Å². The molecule has 0 spiro atoms. The summed E-state index contributed by atoms with van der Waals surface area (Å²) in [7, 11) is 1.66. The molecule has 2 N–H and O–H groups in total. The van der Waals surface area contributed by atoms with Gasteiger partial charge in [0.15, 0.2) is 0 Å². The third-order valence-corrected chi connectivity index (χ3v) is 3.23. The summed E-state index contributed by atoms with van der Waals surface area (Å²) in [5.41, 5.74) is 8.18. The molecule has 94 valence electrons. The van der Waals surface area contributed by atoms with E-state index in [4.69, 9.17) is 10.5 Å². The van der Waals surface area contributed by atoms with E-state index in [2.05, 4.69) is 20.9 Å². The molecule has 0 fully saturated rings. The van der Waals surface area contributed by atoms with Crippen LogP contribution in [0.1, 0.15) is 17.3 Å². The zero-order valence-electron chi connectivity index (χ0n) is 10.1. The Bertz CT molecular complexity index is 513. The van der Waals surface area contributed by atoms with Gasteiger partial charge in [-0.1, -0.05) is 18.2 Å². The van der Waals surface area contributed by atoms with E-state index in [1.165, 1.54) is 0 Å². The van der Waals surface area contributed by atoms with Gasteiger partial charge < -0.3 is 10.5 Å². The molecule has 1 aromatic heterocycles. The number of ether oxygens (including phenoxy) is 1. The molecule has 1 atom stereocenters. The predicted octanol–water partition coefficient (Wildman–Crippen LogP) is 3.10. The molecule has 2 aromatic rings. The number of halogens is 1. The van der Waals surface area contributed by atoms with Crippen molar-refractivity contribution < 1.29 is 4.74 Å². The summed E-state index contributed by atoms with van der Waals surface area (Å²) < 4.78 is 6.28. The highest BCUT2D eigenvalue weighted by Crippen LogP contribution is 2.25. The second-order valence-corrected chi connectivity index (χ2v) is 4.94. The van der Waals surface area contributed by atoms with Gasteiger partial charge in [0, 0.05) is 34.4 Å². The molecule has 3 nitrogen and oxygen atoms in total. The predicted molar refractivity (Wildman–Crippen MR) is 75.6 cm³/mol. The van der Waals surface area contributed by atoms with Gasteiger partial charge in [-0.15, -0.1) is 0 Å². The third kappa shape index (κ3) is 3.09. The lowest BCUT2D eigenvalue weighted by Gasteiger charge is -2.15. The number of rotatable bonds is 4. The van der Waals surface area contributed by atoms with Crippen LogP contribution in [0.15, 0.2) is 47.1 Å². The highest BCUT2D eigenvalue weighted by Gasteiger charge is 2.12. The number of pyridine rings is 1. The Labute approximate surface area is 115 Å². The molecule has 0 aliphatic carbocycles. The highest BCUT2D eigenvalue weighted by molar-refractivity contribution is 9.10. The van der Waals surface area contributed by atoms with E-state index in [0.29, 0.717) is 6.42 Å². The number of nitrogens with zero attached hydrogens (tertiary/aromatic N) is 1. The van der Waals surface area contributed by atoms with Gasteiger partial charge in [-0.2, -0.15) is 0 Å². The first-order valence-electron chi connectivity index (χ1n) is 5.69. The van der Waals surface area contributed by atoms with Crippen molar-refractivity contribution in [2.75, 3.05) is 7.11 Å². The van der Waals surface area contributed by atoms with Crippen LogP contribution < -0.4 is 10.5 Å². The van der Waals surface area contributed by atoms with Crippen LogP contribution in [0.3, 0.4) is 0 Å². The van der Waals surface area contributed by atoms with Crippen molar-refractivity contribution in [1.82, 2.24) is 4.98 Å². The lowest BCUT2D eigenvalue weighted by Crippen LogP contribution is -2.15. The number of hydrogen-bond donors (Lipinski definition) is 1. The zero-order chi connectivity index (χ0) is 13.0. The highest BCUT2D eigenvalue weighted by atomic mass is 79.9. The van der Waals surface area contributed by atoms with E-state index in [1.807, 2.05) is 36.4 Å². The quantitative estimate of drug-likeness (QED) is 0.944. The van der Waals surface area contributed by atoms with Crippen molar-refractivity contribution in [3.8, 4) is 5.75 Å². The second-order valence-electron chi connectivity index (χ2n) is 4.02. The van der Waals surface area contributed by atoms with Gasteiger partial charge in [0.1, 0.15) is 5.75 Å². The van der Waals surface area contributed by atoms with Crippen LogP contribution in [0.4, 0.5) is 0 Å². The lowest BCUT2D eigenvalue weighted by atomic mass is 10.0. The molecule has 0 saturated carbocycles. The van der Waals surface area contributed by atoms with Crippen LogP contribution in [-0.2, 0) is 6.42 Å². The largest absolute Gasteiger partial charge is 0.496 e. The summed E-state index contributed by atoms with van der Waals surface area (Å²) in [6.07, 6.45) is 2.47.